The van der Waals surface area contributed by atoms with Gasteiger partial charge in [0.1, 0.15) is 18.2 Å². The van der Waals surface area contributed by atoms with E-state index in [4.69, 9.17) is 23.2 Å². The summed E-state index contributed by atoms with van der Waals surface area (Å²) in [5.74, 6) is 0.587. The highest BCUT2D eigenvalue weighted by Gasteiger charge is 2.25. The molecule has 0 saturated heterocycles. The van der Waals surface area contributed by atoms with Gasteiger partial charge in [0.2, 0.25) is 0 Å². The van der Waals surface area contributed by atoms with E-state index in [1.54, 1.807) is 60.8 Å². The Labute approximate surface area is 214 Å². The molecule has 170 valence electrons. The highest BCUT2D eigenvalue weighted by molar-refractivity contribution is 7.19. The van der Waals surface area contributed by atoms with E-state index >= 15 is 0 Å². The molecule has 0 radical (unpaired) electrons. The first kappa shape index (κ1) is 22.7. The third-order valence-corrected chi connectivity index (χ3v) is 6.95. The Balaban J connectivity index is 1.63. The lowest BCUT2D eigenvalue weighted by Crippen LogP contribution is -2.12. The number of H-pyrrole nitrogens is 1. The van der Waals surface area contributed by atoms with Crippen LogP contribution in [-0.2, 0) is 0 Å². The van der Waals surface area contributed by atoms with E-state index in [-0.39, 0.29) is 5.91 Å². The molecule has 0 unspecified atom stereocenters. The number of nitrogens with zero attached hydrogens (tertiary/aromatic N) is 4. The van der Waals surface area contributed by atoms with Gasteiger partial charge < -0.3 is 10.3 Å². The van der Waals surface area contributed by atoms with Gasteiger partial charge in [-0.3, -0.25) is 4.79 Å². The molecule has 0 fully saturated rings. The van der Waals surface area contributed by atoms with Crippen LogP contribution in [0.3, 0.4) is 0 Å². The summed E-state index contributed by atoms with van der Waals surface area (Å²) in [5.41, 5.74) is 2.91. The third kappa shape index (κ3) is 4.53. The van der Waals surface area contributed by atoms with E-state index in [2.05, 4.69) is 31.6 Å². The summed E-state index contributed by atoms with van der Waals surface area (Å²) in [7, 11) is 0. The van der Waals surface area contributed by atoms with Crippen LogP contribution in [0.15, 0.2) is 73.2 Å². The van der Waals surface area contributed by atoms with Crippen molar-refractivity contribution >= 4 is 46.3 Å². The lowest BCUT2D eigenvalue weighted by Gasteiger charge is -2.07. The van der Waals surface area contributed by atoms with Gasteiger partial charge in [0.25, 0.3) is 5.91 Å². The van der Waals surface area contributed by atoms with Crippen LogP contribution in [0.25, 0.3) is 32.3 Å². The summed E-state index contributed by atoms with van der Waals surface area (Å²) in [4.78, 5) is 21.3. The number of thiophene rings is 1. The fourth-order valence-corrected chi connectivity index (χ4v) is 5.30. The van der Waals surface area contributed by atoms with Crippen LogP contribution in [0.4, 0.5) is 5.82 Å². The highest BCUT2D eigenvalue weighted by atomic mass is 35.5. The first-order valence-electron chi connectivity index (χ1n) is 10.3. The number of aromatic amines is 1. The minimum absolute atomic E-state index is 0.280. The van der Waals surface area contributed by atoms with Crippen LogP contribution >= 0.6 is 34.5 Å². The zero-order valence-electron chi connectivity index (χ0n) is 17.8. The summed E-state index contributed by atoms with van der Waals surface area (Å²) < 4.78 is 0. The van der Waals surface area contributed by atoms with Crippen molar-refractivity contribution in [1.29, 1.82) is 5.26 Å². The number of nitrogens with one attached hydrogen (secondary N) is 2. The molecule has 7 nitrogen and oxygen atoms in total. The summed E-state index contributed by atoms with van der Waals surface area (Å²) in [6.45, 7) is 0. The fourth-order valence-electron chi connectivity index (χ4n) is 3.59. The Hall–Kier alpha value is -4.03. The largest absolute Gasteiger partial charge is 0.327 e. The second-order valence-electron chi connectivity index (χ2n) is 7.33. The van der Waals surface area contributed by atoms with Crippen LogP contribution in [0.1, 0.15) is 15.9 Å². The molecule has 0 bridgehead atoms. The van der Waals surface area contributed by atoms with E-state index < -0.39 is 0 Å². The number of amides is 1. The number of anilines is 1. The van der Waals surface area contributed by atoms with Crippen LogP contribution in [-0.4, -0.2) is 26.1 Å². The molecule has 1 amide bonds. The Kier molecular flexibility index (Phi) is 6.29. The molecule has 0 aliphatic heterocycles. The quantitative estimate of drug-likeness (QED) is 0.270. The number of pyridine rings is 1. The lowest BCUT2D eigenvalue weighted by atomic mass is 9.98. The predicted molar refractivity (Wildman–Crippen MR) is 137 cm³/mol. The van der Waals surface area contributed by atoms with Crippen molar-refractivity contribution in [1.82, 2.24) is 20.2 Å². The molecular formula is C25H14Cl2N6OS. The molecular weight excluding hydrogens is 503 g/mol. The third-order valence-electron chi connectivity index (χ3n) is 5.15. The zero-order chi connectivity index (χ0) is 24.4. The maximum atomic E-state index is 12.6. The van der Waals surface area contributed by atoms with Crippen molar-refractivity contribution in [2.24, 2.45) is 0 Å². The lowest BCUT2D eigenvalue weighted by molar-refractivity contribution is 0.102. The molecule has 5 rings (SSSR count). The molecule has 0 atom stereocenters. The maximum absolute atomic E-state index is 12.6. The van der Waals surface area contributed by atoms with Gasteiger partial charge in [0.05, 0.1) is 15.3 Å². The van der Waals surface area contributed by atoms with Crippen molar-refractivity contribution in [3.63, 3.8) is 0 Å². The minimum Gasteiger partial charge on any atom is -0.327 e. The van der Waals surface area contributed by atoms with Crippen molar-refractivity contribution in [2.75, 3.05) is 5.32 Å². The van der Waals surface area contributed by atoms with Gasteiger partial charge in [-0.1, -0.05) is 47.5 Å². The zero-order valence-corrected chi connectivity index (χ0v) is 20.1. The first-order valence-corrected chi connectivity index (χ1v) is 11.8. The summed E-state index contributed by atoms with van der Waals surface area (Å²) in [6.07, 6.45) is 3.05. The summed E-state index contributed by atoms with van der Waals surface area (Å²) in [5, 5.41) is 21.9. The Morgan fingerprint density at radius 1 is 1.06 bits per heavy atom. The number of carbonyl (C=O) groups is 1. The monoisotopic (exact) mass is 516 g/mol. The maximum Gasteiger partial charge on any atom is 0.256 e. The van der Waals surface area contributed by atoms with E-state index in [0.717, 1.165) is 0 Å². The number of carbonyl (C=O) groups excluding carboxylic acids is 1. The summed E-state index contributed by atoms with van der Waals surface area (Å²) in [6, 6.07) is 19.8. The number of nitriles is 1. The number of rotatable bonds is 5. The number of benzene rings is 2. The van der Waals surface area contributed by atoms with Gasteiger partial charge in [-0.15, -0.1) is 21.5 Å². The number of hydrogen-bond donors (Lipinski definition) is 2. The number of aromatic nitrogens is 4. The van der Waals surface area contributed by atoms with Gasteiger partial charge in [0.15, 0.2) is 5.82 Å². The van der Waals surface area contributed by atoms with E-state index in [1.807, 2.05) is 6.07 Å². The Bertz CT molecular complexity index is 1580. The normalized spacial score (nSPS) is 10.7. The van der Waals surface area contributed by atoms with Crippen LogP contribution in [0.2, 0.25) is 10.0 Å². The molecule has 2 N–H and O–H groups in total. The van der Waals surface area contributed by atoms with E-state index in [9.17, 15) is 10.1 Å². The van der Waals surface area contributed by atoms with Crippen LogP contribution in [0, 0.1) is 11.3 Å². The fraction of sp³-hybridized carbons (Fsp3) is 0. The minimum atomic E-state index is -0.280. The standard InChI is InChI=1S/C25H14Cl2N6OS/c26-16-6-7-17(19(27)11-16)21-18(12-28)22(35-23(21)24-30-13-31-33-24)15-8-9-29-20(10-15)32-25(34)14-4-2-1-3-5-14/h1-11,13H,(H,29,32,34)(H,30,31,33). The molecule has 0 aliphatic rings. The SMILES string of the molecule is N#Cc1c(-c2ccnc(NC(=O)c3ccccc3)c2)sc(-c2nnc[nH]2)c1-c1ccc(Cl)cc1Cl. The predicted octanol–water partition coefficient (Wildman–Crippen LogP) is 6.69. The molecule has 3 aromatic heterocycles. The smallest absolute Gasteiger partial charge is 0.256 e. The van der Waals surface area contributed by atoms with Crippen molar-refractivity contribution < 1.29 is 4.79 Å². The molecule has 0 spiro atoms. The molecule has 0 saturated carbocycles. The molecule has 3 heterocycles. The van der Waals surface area contributed by atoms with Crippen molar-refractivity contribution in [3.8, 4) is 38.3 Å². The van der Waals surface area contributed by atoms with Gasteiger partial charge in [-0.2, -0.15) is 5.26 Å². The number of hydrogen-bond acceptors (Lipinski definition) is 6. The van der Waals surface area contributed by atoms with Gasteiger partial charge >= 0.3 is 0 Å². The average Bonchev–Trinajstić information content (AvgIpc) is 3.53. The Morgan fingerprint density at radius 2 is 1.89 bits per heavy atom. The topological polar surface area (TPSA) is 107 Å². The molecule has 5 aromatic rings. The van der Waals surface area contributed by atoms with Crippen molar-refractivity contribution in [3.05, 3.63) is 94.4 Å². The van der Waals surface area contributed by atoms with Crippen LogP contribution in [0.5, 0.6) is 0 Å². The van der Waals surface area contributed by atoms with E-state index in [0.29, 0.717) is 59.3 Å². The van der Waals surface area contributed by atoms with Crippen molar-refractivity contribution in [2.45, 2.75) is 0 Å². The van der Waals surface area contributed by atoms with Gasteiger partial charge in [-0.25, -0.2) is 4.98 Å². The molecule has 35 heavy (non-hydrogen) atoms. The highest BCUT2D eigenvalue weighted by Crippen LogP contribution is 2.48. The molecule has 10 heteroatoms. The average molecular weight is 517 g/mol. The first-order chi connectivity index (χ1) is 17.0. The second kappa shape index (κ2) is 9.68. The number of halogens is 2. The summed E-state index contributed by atoms with van der Waals surface area (Å²) >= 11 is 14.0. The molecule has 2 aromatic carbocycles. The van der Waals surface area contributed by atoms with Gasteiger partial charge in [-0.05, 0) is 42.0 Å². The van der Waals surface area contributed by atoms with Gasteiger partial charge in [0, 0.05) is 32.9 Å². The second-order valence-corrected chi connectivity index (χ2v) is 9.20. The molecule has 0 aliphatic carbocycles. The van der Waals surface area contributed by atoms with Crippen LogP contribution < -0.4 is 5.32 Å². The van der Waals surface area contributed by atoms with E-state index in [1.165, 1.54) is 17.7 Å². The Morgan fingerprint density at radius 3 is 2.60 bits per heavy atom.